The topological polar surface area (TPSA) is 57.6 Å². The molecule has 0 bridgehead atoms. The van der Waals surface area contributed by atoms with Gasteiger partial charge in [-0.1, -0.05) is 30.3 Å². The molecule has 20 heavy (non-hydrogen) atoms. The van der Waals surface area contributed by atoms with Gasteiger partial charge in [-0.3, -0.25) is 0 Å². The summed E-state index contributed by atoms with van der Waals surface area (Å²) >= 11 is 0. The molecule has 2 aromatic rings. The molecule has 0 saturated heterocycles. The van der Waals surface area contributed by atoms with Crippen LogP contribution in [0.5, 0.6) is 5.75 Å². The van der Waals surface area contributed by atoms with Gasteiger partial charge >= 0.3 is 0 Å². The fraction of sp³-hybridized carbons (Fsp3) is 0.200. The number of rotatable bonds is 3. The van der Waals surface area contributed by atoms with E-state index in [-0.39, 0.29) is 10.6 Å². The Labute approximate surface area is 119 Å². The van der Waals surface area contributed by atoms with Crippen LogP contribution >= 0.6 is 0 Å². The lowest BCUT2D eigenvalue weighted by molar-refractivity contribution is 0.471. The van der Waals surface area contributed by atoms with Crippen LogP contribution in [0.2, 0.25) is 0 Å². The lowest BCUT2D eigenvalue weighted by atomic mass is 10.0. The monoisotopic (exact) mass is 291 g/mol. The van der Waals surface area contributed by atoms with Crippen LogP contribution in [0.4, 0.5) is 0 Å². The predicted molar refractivity (Wildman–Crippen MR) is 79.2 cm³/mol. The highest BCUT2D eigenvalue weighted by atomic mass is 32.2. The van der Waals surface area contributed by atoms with Crippen molar-refractivity contribution in [2.45, 2.75) is 11.8 Å². The summed E-state index contributed by atoms with van der Waals surface area (Å²) in [5.74, 6) is 0.152. The number of aromatic hydroxyl groups is 1. The average molecular weight is 291 g/mol. The predicted octanol–water partition coefficient (Wildman–Crippen LogP) is 2.62. The first-order valence-corrected chi connectivity index (χ1v) is 7.59. The van der Waals surface area contributed by atoms with Gasteiger partial charge in [0.05, 0.1) is 4.90 Å². The van der Waals surface area contributed by atoms with Crippen molar-refractivity contribution in [1.82, 2.24) is 4.31 Å². The molecule has 2 aromatic carbocycles. The number of phenols is 1. The maximum atomic E-state index is 12.3. The number of hydrogen-bond donors (Lipinski definition) is 1. The van der Waals surface area contributed by atoms with Crippen LogP contribution < -0.4 is 0 Å². The summed E-state index contributed by atoms with van der Waals surface area (Å²) in [5, 5.41) is 9.80. The molecule has 0 aromatic heterocycles. The van der Waals surface area contributed by atoms with Gasteiger partial charge in [0.15, 0.2) is 0 Å². The van der Waals surface area contributed by atoms with Crippen molar-refractivity contribution in [3.05, 3.63) is 48.0 Å². The average Bonchev–Trinajstić information content (AvgIpc) is 2.41. The van der Waals surface area contributed by atoms with Crippen molar-refractivity contribution in [1.29, 1.82) is 0 Å². The maximum absolute atomic E-state index is 12.3. The van der Waals surface area contributed by atoms with E-state index >= 15 is 0 Å². The van der Waals surface area contributed by atoms with E-state index in [4.69, 9.17) is 0 Å². The van der Waals surface area contributed by atoms with Crippen LogP contribution in [0.3, 0.4) is 0 Å². The van der Waals surface area contributed by atoms with E-state index in [2.05, 4.69) is 0 Å². The Hall–Kier alpha value is -1.85. The van der Waals surface area contributed by atoms with Gasteiger partial charge in [0.1, 0.15) is 5.75 Å². The third-order valence-corrected chi connectivity index (χ3v) is 5.04. The van der Waals surface area contributed by atoms with Crippen molar-refractivity contribution < 1.29 is 13.5 Å². The van der Waals surface area contributed by atoms with Crippen molar-refractivity contribution in [2.24, 2.45) is 0 Å². The Kier molecular flexibility index (Phi) is 3.83. The van der Waals surface area contributed by atoms with E-state index in [9.17, 15) is 13.5 Å². The number of nitrogens with zero attached hydrogens (tertiary/aromatic N) is 1. The molecule has 4 nitrogen and oxygen atoms in total. The minimum atomic E-state index is -3.53. The Bertz CT molecular complexity index is 737. The third-order valence-electron chi connectivity index (χ3n) is 3.17. The molecule has 0 amide bonds. The smallest absolute Gasteiger partial charge is 0.243 e. The maximum Gasteiger partial charge on any atom is 0.243 e. The molecule has 0 aliphatic carbocycles. The van der Waals surface area contributed by atoms with Crippen molar-refractivity contribution in [3.8, 4) is 16.9 Å². The molecule has 1 N–H and O–H groups in total. The van der Waals surface area contributed by atoms with Crippen LogP contribution in [0.25, 0.3) is 11.1 Å². The molecule has 0 unspecified atom stereocenters. The number of aryl methyl sites for hydroxylation is 1. The lowest BCUT2D eigenvalue weighted by Crippen LogP contribution is -2.22. The summed E-state index contributed by atoms with van der Waals surface area (Å²) in [4.78, 5) is 0.230. The summed E-state index contributed by atoms with van der Waals surface area (Å²) in [6.07, 6.45) is 0. The fourth-order valence-corrected chi connectivity index (χ4v) is 3.01. The van der Waals surface area contributed by atoms with Crippen LogP contribution in [0, 0.1) is 6.92 Å². The Morgan fingerprint density at radius 2 is 1.70 bits per heavy atom. The molecule has 0 heterocycles. The van der Waals surface area contributed by atoms with Crippen LogP contribution in [0.1, 0.15) is 5.56 Å². The normalized spacial score (nSPS) is 11.8. The van der Waals surface area contributed by atoms with E-state index in [0.29, 0.717) is 11.1 Å². The second kappa shape index (κ2) is 5.26. The first-order valence-electron chi connectivity index (χ1n) is 6.15. The molecule has 5 heteroatoms. The molecule has 0 aliphatic rings. The van der Waals surface area contributed by atoms with Gasteiger partial charge in [0.2, 0.25) is 10.0 Å². The van der Waals surface area contributed by atoms with Crippen molar-refractivity contribution >= 4 is 10.0 Å². The quantitative estimate of drug-likeness (QED) is 0.945. The lowest BCUT2D eigenvalue weighted by Gasteiger charge is -2.15. The van der Waals surface area contributed by atoms with Crippen molar-refractivity contribution in [3.63, 3.8) is 0 Å². The Morgan fingerprint density at radius 1 is 1.05 bits per heavy atom. The molecule has 0 aliphatic heterocycles. The summed E-state index contributed by atoms with van der Waals surface area (Å²) < 4.78 is 25.9. The molecule has 0 radical (unpaired) electrons. The SMILES string of the molecule is Cc1ccc(-c2ccccc2S(=O)(=O)N(C)C)cc1O. The molecule has 0 saturated carbocycles. The Morgan fingerprint density at radius 3 is 2.30 bits per heavy atom. The zero-order chi connectivity index (χ0) is 14.9. The van der Waals surface area contributed by atoms with Gasteiger partial charge in [-0.15, -0.1) is 0 Å². The second-order valence-electron chi connectivity index (χ2n) is 4.78. The van der Waals surface area contributed by atoms with E-state index in [1.54, 1.807) is 49.4 Å². The highest BCUT2D eigenvalue weighted by Crippen LogP contribution is 2.31. The molecule has 0 spiro atoms. The van der Waals surface area contributed by atoms with Crippen LogP contribution in [0.15, 0.2) is 47.4 Å². The minimum absolute atomic E-state index is 0.152. The molecule has 106 valence electrons. The summed E-state index contributed by atoms with van der Waals surface area (Å²) in [6.45, 7) is 1.79. The highest BCUT2D eigenvalue weighted by molar-refractivity contribution is 7.89. The number of sulfonamides is 1. The largest absolute Gasteiger partial charge is 0.508 e. The zero-order valence-corrected chi connectivity index (χ0v) is 12.5. The summed E-state index contributed by atoms with van der Waals surface area (Å²) in [7, 11) is -0.529. The number of hydrogen-bond acceptors (Lipinski definition) is 3. The molecular formula is C15H17NO3S. The van der Waals surface area contributed by atoms with E-state index in [1.165, 1.54) is 18.4 Å². The second-order valence-corrected chi connectivity index (χ2v) is 6.91. The third kappa shape index (κ3) is 2.55. The Balaban J connectivity index is 2.67. The molecule has 0 atom stereocenters. The highest BCUT2D eigenvalue weighted by Gasteiger charge is 2.21. The molecule has 0 fully saturated rings. The van der Waals surface area contributed by atoms with Crippen molar-refractivity contribution in [2.75, 3.05) is 14.1 Å². The van der Waals surface area contributed by atoms with Gasteiger partial charge in [0, 0.05) is 19.7 Å². The van der Waals surface area contributed by atoms with Gasteiger partial charge in [-0.05, 0) is 30.2 Å². The van der Waals surface area contributed by atoms with Gasteiger partial charge in [0.25, 0.3) is 0 Å². The first kappa shape index (κ1) is 14.6. The van der Waals surface area contributed by atoms with E-state index in [1.807, 2.05) is 0 Å². The van der Waals surface area contributed by atoms with E-state index in [0.717, 1.165) is 5.56 Å². The van der Waals surface area contributed by atoms with E-state index < -0.39 is 10.0 Å². The molecular weight excluding hydrogens is 274 g/mol. The van der Waals surface area contributed by atoms with Gasteiger partial charge in [-0.25, -0.2) is 12.7 Å². The van der Waals surface area contributed by atoms with Gasteiger partial charge in [-0.2, -0.15) is 0 Å². The van der Waals surface area contributed by atoms with Crippen LogP contribution in [-0.4, -0.2) is 31.9 Å². The fourth-order valence-electron chi connectivity index (χ4n) is 1.90. The standard InChI is InChI=1S/C15H17NO3S/c1-11-8-9-12(10-14(11)17)13-6-4-5-7-15(13)20(18,19)16(2)3/h4-10,17H,1-3H3. The van der Waals surface area contributed by atoms with Crippen LogP contribution in [-0.2, 0) is 10.0 Å². The summed E-state index contributed by atoms with van der Waals surface area (Å²) in [6, 6.07) is 11.9. The number of benzene rings is 2. The number of phenolic OH excluding ortho intramolecular Hbond substituents is 1. The first-order chi connectivity index (χ1) is 9.34. The van der Waals surface area contributed by atoms with Gasteiger partial charge < -0.3 is 5.11 Å². The molecule has 2 rings (SSSR count). The summed E-state index contributed by atoms with van der Waals surface area (Å²) in [5.41, 5.74) is 2.01. The minimum Gasteiger partial charge on any atom is -0.508 e. The zero-order valence-electron chi connectivity index (χ0n) is 11.7.